The third-order valence-corrected chi connectivity index (χ3v) is 9.29. The van der Waals surface area contributed by atoms with Gasteiger partial charge in [0.2, 0.25) is 5.91 Å². The molecule has 2 fully saturated rings. The van der Waals surface area contributed by atoms with Crippen LogP contribution in [0.5, 0.6) is 17.2 Å². The fraction of sp³-hybridized carbons (Fsp3) is 0.444. The first-order chi connectivity index (χ1) is 22.6. The number of piperidine rings is 1. The number of carbonyl (C=O) groups is 2. The molecule has 252 valence electrons. The Kier molecular flexibility index (Phi) is 11.8. The van der Waals surface area contributed by atoms with E-state index < -0.39 is 12.0 Å². The van der Waals surface area contributed by atoms with Crippen molar-refractivity contribution in [1.82, 2.24) is 9.80 Å². The summed E-state index contributed by atoms with van der Waals surface area (Å²) in [5.41, 5.74) is 3.61. The molecule has 0 unspecified atom stereocenters. The van der Waals surface area contributed by atoms with Crippen molar-refractivity contribution in [3.05, 3.63) is 86.9 Å². The molecule has 47 heavy (non-hydrogen) atoms. The molecule has 1 saturated heterocycles. The minimum Gasteiger partial charge on any atom is -0.508 e. The van der Waals surface area contributed by atoms with Gasteiger partial charge in [-0.2, -0.15) is 0 Å². The van der Waals surface area contributed by atoms with Gasteiger partial charge in [-0.25, -0.2) is 4.79 Å². The zero-order valence-corrected chi connectivity index (χ0v) is 28.3. The molecule has 2 atom stereocenters. The molecular formula is C36H42Cl2N2O7. The number of carboxylic acid groups (broad SMARTS) is 1. The van der Waals surface area contributed by atoms with Crippen molar-refractivity contribution in [2.45, 2.75) is 57.5 Å². The number of aromatic hydroxyl groups is 1. The molecule has 2 amide bonds. The number of methoxy groups -OCH3 is 1. The average Bonchev–Trinajstić information content (AvgIpc) is 3.88. The molecule has 0 bridgehead atoms. The van der Waals surface area contributed by atoms with Crippen molar-refractivity contribution in [3.63, 3.8) is 0 Å². The predicted molar refractivity (Wildman–Crippen MR) is 181 cm³/mol. The number of aryl methyl sites for hydroxylation is 2. The number of amides is 2. The molecule has 2 aliphatic rings. The maximum absolute atomic E-state index is 14.5. The largest absolute Gasteiger partial charge is 0.508 e. The van der Waals surface area contributed by atoms with E-state index in [1.54, 1.807) is 31.4 Å². The third-order valence-electron chi connectivity index (χ3n) is 8.72. The van der Waals surface area contributed by atoms with Crippen molar-refractivity contribution < 1.29 is 34.0 Å². The van der Waals surface area contributed by atoms with Crippen LogP contribution in [0, 0.1) is 12.8 Å². The number of para-hydroxylation sites is 1. The monoisotopic (exact) mass is 684 g/mol. The van der Waals surface area contributed by atoms with Crippen LogP contribution in [0.2, 0.25) is 10.0 Å². The van der Waals surface area contributed by atoms with Gasteiger partial charge in [0, 0.05) is 45.3 Å². The van der Waals surface area contributed by atoms with Crippen LogP contribution in [0.25, 0.3) is 0 Å². The summed E-state index contributed by atoms with van der Waals surface area (Å²) in [4.78, 5) is 29.8. The first kappa shape index (κ1) is 34.7. The number of hydrogen-bond donors (Lipinski definition) is 2. The molecule has 0 aromatic heterocycles. The summed E-state index contributed by atoms with van der Waals surface area (Å²) in [6.07, 6.45) is 2.78. The number of carbonyl (C=O) groups excluding carboxylic acids is 1. The van der Waals surface area contributed by atoms with Gasteiger partial charge in [0.15, 0.2) is 5.75 Å². The first-order valence-electron chi connectivity index (χ1n) is 16.0. The summed E-state index contributed by atoms with van der Waals surface area (Å²) >= 11 is 12.7. The molecule has 2 N–H and O–H groups in total. The summed E-state index contributed by atoms with van der Waals surface area (Å²) in [6, 6.07) is 16.7. The van der Waals surface area contributed by atoms with Crippen LogP contribution >= 0.6 is 23.2 Å². The molecule has 1 heterocycles. The number of likely N-dealkylation sites (tertiary alicyclic amines) is 1. The van der Waals surface area contributed by atoms with E-state index >= 15 is 0 Å². The van der Waals surface area contributed by atoms with Gasteiger partial charge >= 0.3 is 6.09 Å². The number of halogens is 2. The molecule has 3 aromatic carbocycles. The Bertz CT molecular complexity index is 1540. The van der Waals surface area contributed by atoms with Gasteiger partial charge in [0.1, 0.15) is 24.7 Å². The number of phenolic OH excluding ortho intramolecular Hbond substituents is 1. The summed E-state index contributed by atoms with van der Waals surface area (Å²) in [7, 11) is 1.66. The zero-order chi connectivity index (χ0) is 33.5. The second kappa shape index (κ2) is 16.0. The van der Waals surface area contributed by atoms with Crippen molar-refractivity contribution >= 4 is 35.2 Å². The molecule has 0 radical (unpaired) electrons. The molecule has 0 spiro atoms. The fourth-order valence-electron chi connectivity index (χ4n) is 6.37. The third kappa shape index (κ3) is 9.03. The zero-order valence-electron chi connectivity index (χ0n) is 26.8. The van der Waals surface area contributed by atoms with Crippen molar-refractivity contribution in [3.8, 4) is 17.2 Å². The standard InChI is InChI=1S/C36H42Cl2N2O7/c1-23-16-31(37)34(32(38)17-23)47-15-14-46-33-8-4-3-7-29(33)28-11-12-39(36(43)44)22-30(28)35(42)40(26-9-10-26)21-25-18-24(6-5-13-45-2)19-27(41)20-25/h3-4,7-8,16-20,26,28,30,41H,5-6,9-15,21-22H2,1-2H3,(H,43,44)/t28-,30+/m1/s1. The lowest BCUT2D eigenvalue weighted by atomic mass is 9.79. The summed E-state index contributed by atoms with van der Waals surface area (Å²) in [5.74, 6) is 0.227. The van der Waals surface area contributed by atoms with Crippen LogP contribution in [-0.2, 0) is 22.5 Å². The Hall–Kier alpha value is -3.66. The highest BCUT2D eigenvalue weighted by molar-refractivity contribution is 6.37. The highest BCUT2D eigenvalue weighted by atomic mass is 35.5. The second-order valence-corrected chi connectivity index (χ2v) is 13.1. The Morgan fingerprint density at radius 1 is 0.957 bits per heavy atom. The van der Waals surface area contributed by atoms with Crippen LogP contribution in [0.1, 0.15) is 53.9 Å². The van der Waals surface area contributed by atoms with E-state index in [9.17, 15) is 19.8 Å². The normalized spacial score (nSPS) is 17.7. The van der Waals surface area contributed by atoms with E-state index in [1.807, 2.05) is 42.2 Å². The van der Waals surface area contributed by atoms with E-state index in [1.165, 1.54) is 4.90 Å². The number of nitrogens with zero attached hydrogens (tertiary/aromatic N) is 2. The smallest absolute Gasteiger partial charge is 0.407 e. The predicted octanol–water partition coefficient (Wildman–Crippen LogP) is 7.32. The average molecular weight is 686 g/mol. The molecule has 9 nitrogen and oxygen atoms in total. The number of phenols is 1. The van der Waals surface area contributed by atoms with Crippen molar-refractivity contribution in [1.29, 1.82) is 0 Å². The number of ether oxygens (including phenoxy) is 3. The Balaban J connectivity index is 1.34. The van der Waals surface area contributed by atoms with Gasteiger partial charge in [-0.05, 0) is 91.6 Å². The van der Waals surface area contributed by atoms with Crippen LogP contribution in [-0.4, -0.2) is 78.1 Å². The van der Waals surface area contributed by atoms with E-state index in [-0.39, 0.29) is 43.4 Å². The van der Waals surface area contributed by atoms with Crippen LogP contribution in [0.15, 0.2) is 54.6 Å². The lowest BCUT2D eigenvalue weighted by molar-refractivity contribution is -0.139. The highest BCUT2D eigenvalue weighted by Crippen LogP contribution is 2.41. The molecule has 5 rings (SSSR count). The van der Waals surface area contributed by atoms with Crippen LogP contribution in [0.3, 0.4) is 0 Å². The van der Waals surface area contributed by atoms with E-state index in [0.717, 1.165) is 47.9 Å². The van der Waals surface area contributed by atoms with Gasteiger partial charge in [0.25, 0.3) is 0 Å². The van der Waals surface area contributed by atoms with Gasteiger partial charge in [0.05, 0.1) is 16.0 Å². The van der Waals surface area contributed by atoms with Crippen molar-refractivity contribution in [2.75, 3.05) is 40.0 Å². The minimum absolute atomic E-state index is 0.0757. The quantitative estimate of drug-likeness (QED) is 0.171. The molecule has 1 saturated carbocycles. The second-order valence-electron chi connectivity index (χ2n) is 12.3. The molecule has 1 aliphatic heterocycles. The Morgan fingerprint density at radius 2 is 1.66 bits per heavy atom. The van der Waals surface area contributed by atoms with Crippen LogP contribution in [0.4, 0.5) is 4.79 Å². The summed E-state index contributed by atoms with van der Waals surface area (Å²) in [5, 5.41) is 21.2. The SMILES string of the molecule is COCCCc1cc(O)cc(CN(C(=O)[C@H]2CN(C(=O)O)CC[C@@H]2c2ccccc2OCCOc2c(Cl)cc(C)cc2Cl)C2CC2)c1. The number of benzene rings is 3. The van der Waals surface area contributed by atoms with Gasteiger partial charge in [-0.3, -0.25) is 4.79 Å². The summed E-state index contributed by atoms with van der Waals surface area (Å²) in [6.45, 7) is 3.67. The van der Waals surface area contributed by atoms with E-state index in [4.69, 9.17) is 37.4 Å². The lowest BCUT2D eigenvalue weighted by Crippen LogP contribution is -2.49. The van der Waals surface area contributed by atoms with Gasteiger partial charge in [-0.15, -0.1) is 0 Å². The maximum atomic E-state index is 14.5. The number of hydrogen-bond acceptors (Lipinski definition) is 6. The summed E-state index contributed by atoms with van der Waals surface area (Å²) < 4.78 is 17.2. The lowest BCUT2D eigenvalue weighted by Gasteiger charge is -2.39. The molecule has 1 aliphatic carbocycles. The van der Waals surface area contributed by atoms with Crippen LogP contribution < -0.4 is 9.47 Å². The fourth-order valence-corrected chi connectivity index (χ4v) is 7.07. The Morgan fingerprint density at radius 3 is 2.36 bits per heavy atom. The Labute approximate surface area is 285 Å². The molecule has 3 aromatic rings. The van der Waals surface area contributed by atoms with E-state index in [0.29, 0.717) is 47.7 Å². The topological polar surface area (TPSA) is 109 Å². The van der Waals surface area contributed by atoms with Crippen molar-refractivity contribution in [2.24, 2.45) is 5.92 Å². The van der Waals surface area contributed by atoms with E-state index in [2.05, 4.69) is 0 Å². The molecule has 11 heteroatoms. The minimum atomic E-state index is -1.04. The first-order valence-corrected chi connectivity index (χ1v) is 16.8. The molecular weight excluding hydrogens is 643 g/mol. The van der Waals surface area contributed by atoms with Gasteiger partial charge in [-0.1, -0.05) is 47.5 Å². The maximum Gasteiger partial charge on any atom is 0.407 e. The van der Waals surface area contributed by atoms with Gasteiger partial charge < -0.3 is 34.2 Å². The number of rotatable bonds is 14. The highest BCUT2D eigenvalue weighted by Gasteiger charge is 2.43.